The van der Waals surface area contributed by atoms with Crippen LogP contribution in [0, 0.1) is 11.3 Å². The van der Waals surface area contributed by atoms with E-state index in [0.29, 0.717) is 50.1 Å². The van der Waals surface area contributed by atoms with E-state index in [1.807, 2.05) is 59.5 Å². The maximum Gasteiger partial charge on any atom is 0.410 e. The van der Waals surface area contributed by atoms with Gasteiger partial charge < -0.3 is 9.64 Å². The Kier molecular flexibility index (Phi) is 5.77. The summed E-state index contributed by atoms with van der Waals surface area (Å²) < 4.78 is 5.81. The third-order valence-electron chi connectivity index (χ3n) is 6.70. The maximum absolute atomic E-state index is 13.1. The normalized spacial score (nSPS) is 16.9. The molecule has 34 heavy (non-hydrogen) atoms. The molecule has 3 aromatic carbocycles. The molecule has 0 N–H and O–H groups in total. The highest BCUT2D eigenvalue weighted by molar-refractivity contribution is 5.94. The van der Waals surface area contributed by atoms with Gasteiger partial charge in [-0.15, -0.1) is 0 Å². The Labute approximate surface area is 199 Å². The van der Waals surface area contributed by atoms with Crippen molar-refractivity contribution in [3.63, 3.8) is 0 Å². The zero-order chi connectivity index (χ0) is 23.5. The van der Waals surface area contributed by atoms with Gasteiger partial charge in [0, 0.05) is 38.0 Å². The van der Waals surface area contributed by atoms with Gasteiger partial charge in [0.1, 0.15) is 5.60 Å². The summed E-state index contributed by atoms with van der Waals surface area (Å²) in [6, 6.07) is 27.1. The van der Waals surface area contributed by atoms with Crippen LogP contribution in [0.3, 0.4) is 0 Å². The third kappa shape index (κ3) is 4.38. The number of carbonyl (C=O) groups excluding carboxylic acids is 2. The average molecular weight is 452 g/mol. The molecule has 0 radical (unpaired) electrons. The van der Waals surface area contributed by atoms with Crippen LogP contribution >= 0.6 is 0 Å². The third-order valence-corrected chi connectivity index (χ3v) is 6.70. The zero-order valence-corrected chi connectivity index (χ0v) is 18.8. The number of carbonyl (C=O) groups is 2. The quantitative estimate of drug-likeness (QED) is 0.568. The van der Waals surface area contributed by atoms with Gasteiger partial charge >= 0.3 is 6.09 Å². The first-order chi connectivity index (χ1) is 16.5. The van der Waals surface area contributed by atoms with E-state index in [1.165, 1.54) is 0 Å². The summed E-state index contributed by atoms with van der Waals surface area (Å²) in [7, 11) is 0. The van der Waals surface area contributed by atoms with Gasteiger partial charge in [-0.3, -0.25) is 9.69 Å². The topological polar surface area (TPSA) is 73.6 Å². The molecule has 2 aliphatic rings. The van der Waals surface area contributed by atoms with Crippen LogP contribution in [0.25, 0.3) is 11.1 Å². The summed E-state index contributed by atoms with van der Waals surface area (Å²) in [5, 5.41) is 8.95. The number of ether oxygens (including phenoxy) is 1. The molecule has 0 aliphatic carbocycles. The fraction of sp³-hybridized carbons (Fsp3) is 0.250. The summed E-state index contributed by atoms with van der Waals surface area (Å²) in [6.45, 7) is 2.07. The van der Waals surface area contributed by atoms with Crippen LogP contribution in [0.5, 0.6) is 0 Å². The second kappa shape index (κ2) is 9.03. The molecule has 0 saturated carbocycles. The molecule has 0 atom stereocenters. The summed E-state index contributed by atoms with van der Waals surface area (Å²) in [4.78, 5) is 29.1. The van der Waals surface area contributed by atoms with Crippen LogP contribution in [-0.4, -0.2) is 47.0 Å². The number of likely N-dealkylation sites (tertiary alicyclic amines) is 1. The fourth-order valence-electron chi connectivity index (χ4n) is 4.72. The molecule has 3 aromatic rings. The molecule has 0 aromatic heterocycles. The van der Waals surface area contributed by atoms with Crippen molar-refractivity contribution < 1.29 is 14.3 Å². The van der Waals surface area contributed by atoms with E-state index in [0.717, 1.165) is 16.7 Å². The Bertz CT molecular complexity index is 1220. The van der Waals surface area contributed by atoms with Gasteiger partial charge in [-0.1, -0.05) is 54.6 Å². The Morgan fingerprint density at radius 1 is 0.912 bits per heavy atom. The molecule has 2 fully saturated rings. The van der Waals surface area contributed by atoms with E-state index < -0.39 is 5.60 Å². The molecule has 0 bridgehead atoms. The Balaban J connectivity index is 1.19. The maximum atomic E-state index is 13.1. The second-order valence-electron chi connectivity index (χ2n) is 8.95. The lowest BCUT2D eigenvalue weighted by molar-refractivity contribution is 0.00313. The minimum absolute atomic E-state index is 0.00761. The van der Waals surface area contributed by atoms with Gasteiger partial charge in [0.15, 0.2) is 0 Å². The molecule has 2 heterocycles. The van der Waals surface area contributed by atoms with Crippen LogP contribution < -0.4 is 0 Å². The average Bonchev–Trinajstić information content (AvgIpc) is 3.19. The SMILES string of the molecule is N#Cc1ccc(CN2CC3(CCN(C(=O)c4ccc(-c5ccccc5)cc4)CC3)OC2=O)cc1. The molecule has 0 unspecified atom stereocenters. The predicted octanol–water partition coefficient (Wildman–Crippen LogP) is 4.85. The van der Waals surface area contributed by atoms with Gasteiger partial charge in [-0.25, -0.2) is 4.79 Å². The number of hydrogen-bond acceptors (Lipinski definition) is 4. The Morgan fingerprint density at radius 2 is 1.56 bits per heavy atom. The summed E-state index contributed by atoms with van der Waals surface area (Å²) in [5.74, 6) is 0.00761. The number of nitriles is 1. The van der Waals surface area contributed by atoms with E-state index >= 15 is 0 Å². The highest BCUT2D eigenvalue weighted by Crippen LogP contribution is 2.34. The summed E-state index contributed by atoms with van der Waals surface area (Å²) in [5.41, 5.74) is 3.87. The lowest BCUT2D eigenvalue weighted by Crippen LogP contribution is -2.48. The lowest BCUT2D eigenvalue weighted by atomic mass is 9.91. The monoisotopic (exact) mass is 451 g/mol. The lowest BCUT2D eigenvalue weighted by Gasteiger charge is -2.37. The van der Waals surface area contributed by atoms with Crippen molar-refractivity contribution in [2.24, 2.45) is 0 Å². The number of amides is 2. The van der Waals surface area contributed by atoms with E-state index in [1.54, 1.807) is 17.0 Å². The first-order valence-electron chi connectivity index (χ1n) is 11.5. The Morgan fingerprint density at radius 3 is 2.21 bits per heavy atom. The van der Waals surface area contributed by atoms with E-state index in [9.17, 15) is 9.59 Å². The molecule has 1 spiro atoms. The van der Waals surface area contributed by atoms with E-state index in [2.05, 4.69) is 18.2 Å². The number of piperidine rings is 1. The van der Waals surface area contributed by atoms with Gasteiger partial charge in [-0.05, 0) is 41.0 Å². The smallest absolute Gasteiger partial charge is 0.410 e. The van der Waals surface area contributed by atoms with Crippen molar-refractivity contribution in [2.75, 3.05) is 19.6 Å². The summed E-state index contributed by atoms with van der Waals surface area (Å²) >= 11 is 0. The van der Waals surface area contributed by atoms with Gasteiger partial charge in [0.05, 0.1) is 18.2 Å². The zero-order valence-electron chi connectivity index (χ0n) is 18.8. The number of nitrogens with zero attached hydrogens (tertiary/aromatic N) is 3. The van der Waals surface area contributed by atoms with Crippen LogP contribution in [0.2, 0.25) is 0 Å². The highest BCUT2D eigenvalue weighted by Gasteiger charge is 2.47. The standard InChI is InChI=1S/C28H25N3O3/c29-18-21-6-8-22(9-7-21)19-31-20-28(34-27(31)33)14-16-30(17-15-28)26(32)25-12-10-24(11-13-25)23-4-2-1-3-5-23/h1-13H,14-17,19-20H2. The molecule has 2 aliphatic heterocycles. The first kappa shape index (κ1) is 21.7. The fourth-order valence-corrected chi connectivity index (χ4v) is 4.72. The van der Waals surface area contributed by atoms with Crippen molar-refractivity contribution in [2.45, 2.75) is 25.0 Å². The highest BCUT2D eigenvalue weighted by atomic mass is 16.6. The molecular weight excluding hydrogens is 426 g/mol. The summed E-state index contributed by atoms with van der Waals surface area (Å²) in [6.07, 6.45) is 0.924. The van der Waals surface area contributed by atoms with Gasteiger partial charge in [-0.2, -0.15) is 5.26 Å². The molecule has 2 amide bonds. The van der Waals surface area contributed by atoms with E-state index in [-0.39, 0.29) is 12.0 Å². The van der Waals surface area contributed by atoms with Gasteiger partial charge in [0.25, 0.3) is 5.91 Å². The molecular formula is C28H25N3O3. The minimum atomic E-state index is -0.544. The number of benzene rings is 3. The molecule has 2 saturated heterocycles. The predicted molar refractivity (Wildman–Crippen MR) is 128 cm³/mol. The van der Waals surface area contributed by atoms with Crippen molar-refractivity contribution in [1.29, 1.82) is 5.26 Å². The van der Waals surface area contributed by atoms with Gasteiger partial charge in [0.2, 0.25) is 0 Å². The van der Waals surface area contributed by atoms with Crippen LogP contribution in [0.4, 0.5) is 4.79 Å². The second-order valence-corrected chi connectivity index (χ2v) is 8.95. The van der Waals surface area contributed by atoms with Crippen molar-refractivity contribution >= 4 is 12.0 Å². The molecule has 6 nitrogen and oxygen atoms in total. The van der Waals surface area contributed by atoms with Crippen molar-refractivity contribution in [3.8, 4) is 17.2 Å². The molecule has 6 heteroatoms. The van der Waals surface area contributed by atoms with Crippen molar-refractivity contribution in [1.82, 2.24) is 9.80 Å². The van der Waals surface area contributed by atoms with Crippen LogP contribution in [0.1, 0.15) is 34.3 Å². The first-order valence-corrected chi connectivity index (χ1v) is 11.5. The van der Waals surface area contributed by atoms with E-state index in [4.69, 9.17) is 10.00 Å². The van der Waals surface area contributed by atoms with Crippen molar-refractivity contribution in [3.05, 3.63) is 95.6 Å². The van der Waals surface area contributed by atoms with Crippen LogP contribution in [-0.2, 0) is 11.3 Å². The minimum Gasteiger partial charge on any atom is -0.441 e. The van der Waals surface area contributed by atoms with Crippen LogP contribution in [0.15, 0.2) is 78.9 Å². The number of rotatable bonds is 4. The molecule has 5 rings (SSSR count). The largest absolute Gasteiger partial charge is 0.441 e. The Hall–Kier alpha value is -4.11. The molecule has 170 valence electrons. The number of hydrogen-bond donors (Lipinski definition) is 0.